The predicted molar refractivity (Wildman–Crippen MR) is 121 cm³/mol. The zero-order valence-corrected chi connectivity index (χ0v) is 17.8. The maximum Gasteiger partial charge on any atom is 0.272 e. The molecule has 0 radical (unpaired) electrons. The van der Waals surface area contributed by atoms with Gasteiger partial charge in [-0.1, -0.05) is 47.6 Å². The standard InChI is InChI=1S/C23H15ClN2O4S/c1-14-18(24)8-5-9-19(14)25-22(27)20(15-10-12-16(13-11-15)26(29)30)21(23(25)28)31-17-6-3-2-4-7-17/h2-13H,1H3. The molecule has 8 heteroatoms. The molecule has 1 aliphatic rings. The number of benzene rings is 3. The van der Waals surface area contributed by atoms with Crippen molar-refractivity contribution < 1.29 is 14.5 Å². The summed E-state index contributed by atoms with van der Waals surface area (Å²) in [5.74, 6) is -0.958. The monoisotopic (exact) mass is 450 g/mol. The highest BCUT2D eigenvalue weighted by atomic mass is 35.5. The first-order valence-electron chi connectivity index (χ1n) is 9.24. The van der Waals surface area contributed by atoms with Crippen LogP contribution in [0.1, 0.15) is 11.1 Å². The molecule has 0 N–H and O–H groups in total. The first-order valence-corrected chi connectivity index (χ1v) is 10.4. The number of non-ortho nitro benzene ring substituents is 1. The van der Waals surface area contributed by atoms with Crippen LogP contribution in [0.5, 0.6) is 0 Å². The van der Waals surface area contributed by atoms with Gasteiger partial charge >= 0.3 is 0 Å². The van der Waals surface area contributed by atoms with Gasteiger partial charge in [0.2, 0.25) is 0 Å². The lowest BCUT2D eigenvalue weighted by atomic mass is 10.1. The summed E-state index contributed by atoms with van der Waals surface area (Å²) in [5, 5.41) is 11.5. The van der Waals surface area contributed by atoms with Gasteiger partial charge < -0.3 is 0 Å². The van der Waals surface area contributed by atoms with Crippen LogP contribution in [0.2, 0.25) is 5.02 Å². The van der Waals surface area contributed by atoms with Crippen LogP contribution in [0.25, 0.3) is 5.57 Å². The lowest BCUT2D eigenvalue weighted by molar-refractivity contribution is -0.384. The van der Waals surface area contributed by atoms with Gasteiger partial charge in [-0.05, 0) is 54.4 Å². The van der Waals surface area contributed by atoms with Crippen molar-refractivity contribution >= 4 is 52.1 Å². The number of halogens is 1. The number of carbonyl (C=O) groups is 2. The highest BCUT2D eigenvalue weighted by molar-refractivity contribution is 8.04. The number of thioether (sulfide) groups is 1. The van der Waals surface area contributed by atoms with Gasteiger partial charge in [0.15, 0.2) is 0 Å². The molecule has 4 rings (SSSR count). The molecule has 1 heterocycles. The van der Waals surface area contributed by atoms with Crippen LogP contribution in [-0.4, -0.2) is 16.7 Å². The molecule has 1 aliphatic heterocycles. The fourth-order valence-electron chi connectivity index (χ4n) is 3.27. The first kappa shape index (κ1) is 20.8. The van der Waals surface area contributed by atoms with E-state index in [4.69, 9.17) is 11.6 Å². The lowest BCUT2D eigenvalue weighted by Crippen LogP contribution is -2.32. The molecule has 0 unspecified atom stereocenters. The maximum atomic E-state index is 13.5. The van der Waals surface area contributed by atoms with Crippen LogP contribution in [-0.2, 0) is 9.59 Å². The number of rotatable bonds is 5. The highest BCUT2D eigenvalue weighted by Gasteiger charge is 2.41. The van der Waals surface area contributed by atoms with Gasteiger partial charge in [0.25, 0.3) is 17.5 Å². The van der Waals surface area contributed by atoms with Gasteiger partial charge in [-0.25, -0.2) is 4.90 Å². The van der Waals surface area contributed by atoms with Crippen molar-refractivity contribution in [1.82, 2.24) is 0 Å². The van der Waals surface area contributed by atoms with Gasteiger partial charge in [-0.15, -0.1) is 0 Å². The van der Waals surface area contributed by atoms with E-state index in [0.29, 0.717) is 21.8 Å². The first-order chi connectivity index (χ1) is 14.9. The van der Waals surface area contributed by atoms with Crippen molar-refractivity contribution in [2.24, 2.45) is 0 Å². The largest absolute Gasteiger partial charge is 0.272 e. The maximum absolute atomic E-state index is 13.5. The number of imide groups is 1. The summed E-state index contributed by atoms with van der Waals surface area (Å²) in [4.78, 5) is 39.5. The van der Waals surface area contributed by atoms with Gasteiger partial charge in [0, 0.05) is 22.1 Å². The number of anilines is 1. The van der Waals surface area contributed by atoms with Gasteiger partial charge in [0.1, 0.15) is 0 Å². The van der Waals surface area contributed by atoms with Gasteiger partial charge in [-0.3, -0.25) is 19.7 Å². The average Bonchev–Trinajstić information content (AvgIpc) is 3.00. The number of amides is 2. The molecule has 0 spiro atoms. The number of hydrogen-bond acceptors (Lipinski definition) is 5. The van der Waals surface area contributed by atoms with Crippen molar-refractivity contribution in [2.45, 2.75) is 11.8 Å². The molecule has 0 atom stereocenters. The van der Waals surface area contributed by atoms with E-state index in [1.165, 1.54) is 36.0 Å². The number of nitro benzene ring substituents is 1. The Kier molecular flexibility index (Phi) is 5.63. The summed E-state index contributed by atoms with van der Waals surface area (Å²) in [6.07, 6.45) is 0. The van der Waals surface area contributed by atoms with E-state index in [0.717, 1.165) is 9.80 Å². The van der Waals surface area contributed by atoms with E-state index in [1.54, 1.807) is 25.1 Å². The predicted octanol–water partition coefficient (Wildman–Crippen LogP) is 5.63. The topological polar surface area (TPSA) is 80.5 Å². The Morgan fingerprint density at radius 2 is 1.58 bits per heavy atom. The zero-order valence-electron chi connectivity index (χ0n) is 16.2. The van der Waals surface area contributed by atoms with Crippen molar-refractivity contribution in [3.8, 4) is 0 Å². The smallest absolute Gasteiger partial charge is 0.268 e. The van der Waals surface area contributed by atoms with E-state index in [-0.39, 0.29) is 16.2 Å². The van der Waals surface area contributed by atoms with Gasteiger partial charge in [0.05, 0.1) is 21.1 Å². The molecule has 2 amide bonds. The summed E-state index contributed by atoms with van der Waals surface area (Å²) in [6, 6.07) is 19.9. The Hall–Kier alpha value is -3.42. The summed E-state index contributed by atoms with van der Waals surface area (Å²) in [5.41, 5.74) is 1.56. The Morgan fingerprint density at radius 3 is 2.23 bits per heavy atom. The Bertz CT molecular complexity index is 1240. The summed E-state index contributed by atoms with van der Waals surface area (Å²) in [7, 11) is 0. The van der Waals surface area contributed by atoms with Crippen molar-refractivity contribution in [3.63, 3.8) is 0 Å². The van der Waals surface area contributed by atoms with Crippen molar-refractivity contribution in [3.05, 3.63) is 104 Å². The van der Waals surface area contributed by atoms with E-state index in [1.807, 2.05) is 30.3 Å². The fraction of sp³-hybridized carbons (Fsp3) is 0.0435. The minimum atomic E-state index is -0.513. The SMILES string of the molecule is Cc1c(Cl)cccc1N1C(=O)C(Sc2ccccc2)=C(c2ccc([N+](=O)[O-])cc2)C1=O. The fourth-order valence-corrected chi connectivity index (χ4v) is 4.46. The second-order valence-corrected chi connectivity index (χ2v) is 8.24. The van der Waals surface area contributed by atoms with Crippen LogP contribution < -0.4 is 4.90 Å². The third-order valence-electron chi connectivity index (χ3n) is 4.85. The van der Waals surface area contributed by atoms with E-state index in [2.05, 4.69) is 0 Å². The second-order valence-electron chi connectivity index (χ2n) is 6.75. The molecule has 0 aliphatic carbocycles. The van der Waals surface area contributed by atoms with Gasteiger partial charge in [-0.2, -0.15) is 0 Å². The normalized spacial score (nSPS) is 13.8. The Morgan fingerprint density at radius 1 is 0.903 bits per heavy atom. The number of carbonyl (C=O) groups excluding carboxylic acids is 2. The van der Waals surface area contributed by atoms with Crippen LogP contribution in [0.4, 0.5) is 11.4 Å². The summed E-state index contributed by atoms with van der Waals surface area (Å²) >= 11 is 7.41. The lowest BCUT2D eigenvalue weighted by Gasteiger charge is -2.18. The molecule has 0 saturated heterocycles. The zero-order chi connectivity index (χ0) is 22.1. The van der Waals surface area contributed by atoms with Crippen LogP contribution in [0.15, 0.2) is 82.6 Å². The molecule has 154 valence electrons. The van der Waals surface area contributed by atoms with Crippen LogP contribution >= 0.6 is 23.4 Å². The molecule has 0 fully saturated rings. The van der Waals surface area contributed by atoms with Crippen molar-refractivity contribution in [1.29, 1.82) is 0 Å². The molecule has 0 aromatic heterocycles. The van der Waals surface area contributed by atoms with E-state index in [9.17, 15) is 19.7 Å². The third kappa shape index (κ3) is 3.85. The average molecular weight is 451 g/mol. The molecular weight excluding hydrogens is 436 g/mol. The van der Waals surface area contributed by atoms with E-state index < -0.39 is 16.7 Å². The molecule has 0 saturated carbocycles. The molecule has 3 aromatic carbocycles. The Balaban J connectivity index is 1.85. The number of nitro groups is 1. The molecule has 6 nitrogen and oxygen atoms in total. The van der Waals surface area contributed by atoms with E-state index >= 15 is 0 Å². The second kappa shape index (κ2) is 8.37. The Labute approximate surface area is 187 Å². The summed E-state index contributed by atoms with van der Waals surface area (Å²) in [6.45, 7) is 1.74. The third-order valence-corrected chi connectivity index (χ3v) is 6.35. The number of hydrogen-bond donors (Lipinski definition) is 0. The number of nitrogens with zero attached hydrogens (tertiary/aromatic N) is 2. The highest BCUT2D eigenvalue weighted by Crippen LogP contribution is 2.42. The molecular formula is C23H15ClN2O4S. The van der Waals surface area contributed by atoms with Crippen LogP contribution in [0.3, 0.4) is 0 Å². The van der Waals surface area contributed by atoms with Crippen molar-refractivity contribution in [2.75, 3.05) is 4.90 Å². The summed E-state index contributed by atoms with van der Waals surface area (Å²) < 4.78 is 0. The molecule has 3 aromatic rings. The molecule has 0 bridgehead atoms. The quantitative estimate of drug-likeness (QED) is 0.286. The van der Waals surface area contributed by atoms with Crippen LogP contribution in [0, 0.1) is 17.0 Å². The minimum Gasteiger partial charge on any atom is -0.268 e. The molecule has 31 heavy (non-hydrogen) atoms. The minimum absolute atomic E-state index is 0.0964.